The van der Waals surface area contributed by atoms with Gasteiger partial charge in [-0.2, -0.15) is 4.31 Å². The maximum absolute atomic E-state index is 12.9. The number of nitrogens with zero attached hydrogens (tertiary/aromatic N) is 1. The lowest BCUT2D eigenvalue weighted by Gasteiger charge is -2.36. The molecule has 0 aliphatic carbocycles. The number of rotatable bonds is 5. The number of anilines is 1. The first-order valence-electron chi connectivity index (χ1n) is 10.2. The normalized spacial score (nSPS) is 17.2. The molecule has 2 N–H and O–H groups in total. The van der Waals surface area contributed by atoms with Crippen LogP contribution in [0, 0.1) is 0 Å². The van der Waals surface area contributed by atoms with Crippen LogP contribution in [-0.2, 0) is 20.2 Å². The largest absolute Gasteiger partial charge is 0.497 e. The van der Waals surface area contributed by atoms with Gasteiger partial charge in [0.15, 0.2) is 0 Å². The molecule has 1 heterocycles. The molecule has 7 nitrogen and oxygen atoms in total. The third-order valence-electron chi connectivity index (χ3n) is 5.68. The molecular weight excluding hydrogens is 416 g/mol. The summed E-state index contributed by atoms with van der Waals surface area (Å²) in [7, 11) is -2.19. The molecule has 31 heavy (non-hydrogen) atoms. The number of benzene rings is 2. The molecule has 0 spiro atoms. The van der Waals surface area contributed by atoms with Crippen LogP contribution in [0.2, 0.25) is 0 Å². The molecule has 0 saturated carbocycles. The molecule has 0 radical (unpaired) electrons. The Kier molecular flexibility index (Phi) is 6.45. The number of aliphatic hydroxyl groups is 1. The molecule has 1 amide bonds. The van der Waals surface area contributed by atoms with Crippen molar-refractivity contribution in [3.63, 3.8) is 0 Å². The highest BCUT2D eigenvalue weighted by Gasteiger charge is 2.42. The van der Waals surface area contributed by atoms with Crippen LogP contribution in [-0.4, -0.2) is 49.5 Å². The molecule has 1 aliphatic rings. The van der Waals surface area contributed by atoms with Crippen LogP contribution in [0.1, 0.15) is 39.2 Å². The minimum atomic E-state index is -3.71. The van der Waals surface area contributed by atoms with Gasteiger partial charge < -0.3 is 15.2 Å². The molecule has 1 aliphatic heterocycles. The molecule has 168 valence electrons. The number of hydrogen-bond donors (Lipinski definition) is 2. The summed E-state index contributed by atoms with van der Waals surface area (Å²) in [6.45, 7) is 6.44. The molecule has 3 rings (SSSR count). The molecule has 0 bridgehead atoms. The van der Waals surface area contributed by atoms with Crippen molar-refractivity contribution in [2.24, 2.45) is 0 Å². The number of methoxy groups -OCH3 is 1. The van der Waals surface area contributed by atoms with E-state index in [-0.39, 0.29) is 36.2 Å². The fourth-order valence-corrected chi connectivity index (χ4v) is 4.96. The van der Waals surface area contributed by atoms with Crippen molar-refractivity contribution in [1.29, 1.82) is 0 Å². The highest BCUT2D eigenvalue weighted by molar-refractivity contribution is 7.89. The van der Waals surface area contributed by atoms with E-state index in [0.29, 0.717) is 11.4 Å². The summed E-state index contributed by atoms with van der Waals surface area (Å²) in [6, 6.07) is 13.7. The van der Waals surface area contributed by atoms with E-state index in [2.05, 4.69) is 26.1 Å². The summed E-state index contributed by atoms with van der Waals surface area (Å²) in [5.41, 5.74) is 0.123. The molecule has 0 aromatic heterocycles. The Hall–Kier alpha value is -2.42. The van der Waals surface area contributed by atoms with Gasteiger partial charge in [-0.15, -0.1) is 0 Å². The van der Waals surface area contributed by atoms with Crippen LogP contribution in [0.15, 0.2) is 53.4 Å². The minimum absolute atomic E-state index is 0.00292. The number of carbonyl (C=O) groups excluding carboxylic acids is 1. The summed E-state index contributed by atoms with van der Waals surface area (Å²) in [6.07, 6.45) is 0.0442. The van der Waals surface area contributed by atoms with Crippen LogP contribution in [0.25, 0.3) is 0 Å². The van der Waals surface area contributed by atoms with E-state index < -0.39 is 21.5 Å². The first-order chi connectivity index (χ1) is 14.5. The Balaban J connectivity index is 1.64. The molecule has 0 unspecified atom stereocenters. The first kappa shape index (κ1) is 23.2. The zero-order valence-corrected chi connectivity index (χ0v) is 19.2. The quantitative estimate of drug-likeness (QED) is 0.736. The van der Waals surface area contributed by atoms with Crippen molar-refractivity contribution in [3.05, 3.63) is 54.1 Å². The van der Waals surface area contributed by atoms with Crippen molar-refractivity contribution in [3.8, 4) is 5.75 Å². The average molecular weight is 447 g/mol. The van der Waals surface area contributed by atoms with Crippen LogP contribution < -0.4 is 10.1 Å². The lowest BCUT2D eigenvalue weighted by molar-refractivity contribution is -0.137. The number of amides is 1. The summed E-state index contributed by atoms with van der Waals surface area (Å²) >= 11 is 0. The standard InChI is InChI=1S/C23H30N2O5S/c1-22(2,3)17-5-7-18(8-6-17)24-21(26)23(27)13-15-25(16-14-23)31(28,29)20-11-9-19(30-4)10-12-20/h5-12,27H,13-16H2,1-4H3,(H,24,26). The molecule has 8 heteroatoms. The summed E-state index contributed by atoms with van der Waals surface area (Å²) in [5, 5.41) is 13.6. The predicted molar refractivity (Wildman–Crippen MR) is 120 cm³/mol. The first-order valence-corrected chi connectivity index (χ1v) is 11.7. The fraction of sp³-hybridized carbons (Fsp3) is 0.435. The molecule has 2 aromatic carbocycles. The van der Waals surface area contributed by atoms with Crippen molar-refractivity contribution in [2.75, 3.05) is 25.5 Å². The Morgan fingerprint density at radius 1 is 1.03 bits per heavy atom. The van der Waals surface area contributed by atoms with Gasteiger partial charge in [0.05, 0.1) is 12.0 Å². The van der Waals surface area contributed by atoms with Crippen molar-refractivity contribution >= 4 is 21.6 Å². The van der Waals surface area contributed by atoms with Gasteiger partial charge >= 0.3 is 0 Å². The molecule has 1 fully saturated rings. The lowest BCUT2D eigenvalue weighted by Crippen LogP contribution is -2.52. The van der Waals surface area contributed by atoms with Crippen LogP contribution in [0.5, 0.6) is 5.75 Å². The van der Waals surface area contributed by atoms with E-state index in [1.807, 2.05) is 24.3 Å². The summed E-state index contributed by atoms with van der Waals surface area (Å²) in [4.78, 5) is 12.9. The third-order valence-corrected chi connectivity index (χ3v) is 7.59. The molecular formula is C23H30N2O5S. The zero-order chi connectivity index (χ0) is 22.9. The predicted octanol–water partition coefficient (Wildman–Crippen LogP) is 3.15. The second-order valence-corrected chi connectivity index (χ2v) is 10.8. The Morgan fingerprint density at radius 3 is 2.06 bits per heavy atom. The second kappa shape index (κ2) is 8.61. The van der Waals surface area contributed by atoms with Gasteiger partial charge in [0.25, 0.3) is 5.91 Å². The van der Waals surface area contributed by atoms with Gasteiger partial charge in [-0.05, 0) is 60.2 Å². The van der Waals surface area contributed by atoms with E-state index >= 15 is 0 Å². The average Bonchev–Trinajstić information content (AvgIpc) is 2.74. The third kappa shape index (κ3) is 5.08. The van der Waals surface area contributed by atoms with Crippen molar-refractivity contribution in [1.82, 2.24) is 4.31 Å². The topological polar surface area (TPSA) is 95.9 Å². The van der Waals surface area contributed by atoms with Crippen LogP contribution >= 0.6 is 0 Å². The number of piperidine rings is 1. The Morgan fingerprint density at radius 2 is 1.58 bits per heavy atom. The molecule has 1 saturated heterocycles. The monoisotopic (exact) mass is 446 g/mol. The van der Waals surface area contributed by atoms with Gasteiger partial charge in [-0.1, -0.05) is 32.9 Å². The Bertz CT molecular complexity index is 1020. The number of ether oxygens (including phenoxy) is 1. The van der Waals surface area contributed by atoms with Crippen molar-refractivity contribution in [2.45, 2.75) is 49.5 Å². The maximum Gasteiger partial charge on any atom is 0.256 e. The fourth-order valence-electron chi connectivity index (χ4n) is 3.52. The van der Waals surface area contributed by atoms with E-state index in [1.54, 1.807) is 12.1 Å². The van der Waals surface area contributed by atoms with Crippen LogP contribution in [0.3, 0.4) is 0 Å². The van der Waals surface area contributed by atoms with E-state index in [4.69, 9.17) is 4.74 Å². The SMILES string of the molecule is COc1ccc(S(=O)(=O)N2CCC(O)(C(=O)Nc3ccc(C(C)(C)C)cc3)CC2)cc1. The lowest BCUT2D eigenvalue weighted by atomic mass is 9.87. The molecule has 2 aromatic rings. The van der Waals surface area contributed by atoms with Gasteiger partial charge in [0.2, 0.25) is 10.0 Å². The maximum atomic E-state index is 12.9. The highest BCUT2D eigenvalue weighted by Crippen LogP contribution is 2.29. The number of sulfonamides is 1. The van der Waals surface area contributed by atoms with Gasteiger partial charge in [0.1, 0.15) is 11.4 Å². The smallest absolute Gasteiger partial charge is 0.256 e. The summed E-state index contributed by atoms with van der Waals surface area (Å²) in [5.74, 6) is 0.0525. The summed E-state index contributed by atoms with van der Waals surface area (Å²) < 4.78 is 32.1. The zero-order valence-electron chi connectivity index (χ0n) is 18.4. The molecule has 0 atom stereocenters. The van der Waals surface area contributed by atoms with E-state index in [9.17, 15) is 18.3 Å². The van der Waals surface area contributed by atoms with E-state index in [0.717, 1.165) is 5.56 Å². The second-order valence-electron chi connectivity index (χ2n) is 8.89. The van der Waals surface area contributed by atoms with Crippen molar-refractivity contribution < 1.29 is 23.1 Å². The minimum Gasteiger partial charge on any atom is -0.497 e. The van der Waals surface area contributed by atoms with Gasteiger partial charge in [-0.3, -0.25) is 4.79 Å². The number of carbonyl (C=O) groups is 1. The van der Waals surface area contributed by atoms with Crippen LogP contribution in [0.4, 0.5) is 5.69 Å². The Labute approximate surface area is 184 Å². The number of hydrogen-bond acceptors (Lipinski definition) is 5. The van der Waals surface area contributed by atoms with Gasteiger partial charge in [0, 0.05) is 18.8 Å². The van der Waals surface area contributed by atoms with E-state index in [1.165, 1.54) is 23.5 Å². The van der Waals surface area contributed by atoms with Gasteiger partial charge in [-0.25, -0.2) is 8.42 Å². The number of nitrogens with one attached hydrogen (secondary N) is 1. The highest BCUT2D eigenvalue weighted by atomic mass is 32.2.